The second kappa shape index (κ2) is 4.66. The molecule has 0 aliphatic carbocycles. The van der Waals surface area contributed by atoms with Gasteiger partial charge in [-0.25, -0.2) is 0 Å². The summed E-state index contributed by atoms with van der Waals surface area (Å²) in [5.74, 6) is 1.02. The van der Waals surface area contributed by atoms with Gasteiger partial charge in [0, 0.05) is 4.83 Å². The molecule has 0 aromatic heterocycles. The van der Waals surface area contributed by atoms with Crippen LogP contribution in [0.15, 0.2) is 18.2 Å². The number of hydrogen-bond acceptors (Lipinski definition) is 1. The zero-order chi connectivity index (χ0) is 9.84. The summed E-state index contributed by atoms with van der Waals surface area (Å²) in [6, 6.07) is 6.19. The number of rotatable bonds is 3. The lowest BCUT2D eigenvalue weighted by molar-refractivity contribution is 0.319. The first kappa shape index (κ1) is 10.6. The van der Waals surface area contributed by atoms with Crippen LogP contribution in [-0.2, 0) is 0 Å². The van der Waals surface area contributed by atoms with Crippen LogP contribution in [0.5, 0.6) is 5.75 Å². The normalized spacial score (nSPS) is 12.6. The molecule has 72 valence electrons. The molecule has 1 unspecified atom stereocenters. The third-order valence-electron chi connectivity index (χ3n) is 1.87. The van der Waals surface area contributed by atoms with Crippen molar-refractivity contribution >= 4 is 15.9 Å². The summed E-state index contributed by atoms with van der Waals surface area (Å²) in [4.78, 5) is 0.395. The molecular formula is C11H15BrO. The third kappa shape index (κ3) is 3.03. The van der Waals surface area contributed by atoms with Gasteiger partial charge < -0.3 is 4.74 Å². The summed E-state index contributed by atoms with van der Waals surface area (Å²) >= 11 is 3.46. The molecular weight excluding hydrogens is 228 g/mol. The number of alkyl halides is 1. The molecule has 0 saturated carbocycles. The monoisotopic (exact) mass is 242 g/mol. The lowest BCUT2D eigenvalue weighted by Crippen LogP contribution is -2.08. The van der Waals surface area contributed by atoms with Gasteiger partial charge in [-0.3, -0.25) is 0 Å². The van der Waals surface area contributed by atoms with Crippen molar-refractivity contribution in [2.24, 2.45) is 0 Å². The topological polar surface area (TPSA) is 9.23 Å². The van der Waals surface area contributed by atoms with Crippen molar-refractivity contribution in [3.8, 4) is 5.75 Å². The maximum absolute atomic E-state index is 5.68. The number of aryl methyl sites for hydroxylation is 2. The molecule has 1 atom stereocenters. The summed E-state index contributed by atoms with van der Waals surface area (Å²) in [5, 5.41) is 0. The minimum absolute atomic E-state index is 0.395. The number of benzene rings is 1. The molecule has 1 rings (SSSR count). The summed E-state index contributed by atoms with van der Waals surface area (Å²) < 4.78 is 5.68. The predicted molar refractivity (Wildman–Crippen MR) is 59.8 cm³/mol. The van der Waals surface area contributed by atoms with Gasteiger partial charge >= 0.3 is 0 Å². The molecule has 13 heavy (non-hydrogen) atoms. The summed E-state index contributed by atoms with van der Waals surface area (Å²) in [6.07, 6.45) is 0. The highest BCUT2D eigenvalue weighted by atomic mass is 79.9. The Morgan fingerprint density at radius 3 is 2.31 bits per heavy atom. The van der Waals surface area contributed by atoms with Crippen molar-refractivity contribution in [1.82, 2.24) is 0 Å². The fourth-order valence-corrected chi connectivity index (χ4v) is 1.36. The molecule has 0 N–H and O–H groups in total. The molecule has 1 nitrogen and oxygen atoms in total. The Morgan fingerprint density at radius 2 is 1.85 bits per heavy atom. The SMILES string of the molecule is Cc1cccc(C)c1OCC(C)Br. The minimum Gasteiger partial charge on any atom is -0.492 e. The molecule has 2 heteroatoms. The number of ether oxygens (including phenoxy) is 1. The van der Waals surface area contributed by atoms with Gasteiger partial charge in [0.1, 0.15) is 12.4 Å². The van der Waals surface area contributed by atoms with Crippen LogP contribution in [0.4, 0.5) is 0 Å². The van der Waals surface area contributed by atoms with Gasteiger partial charge in [0.2, 0.25) is 0 Å². The zero-order valence-electron chi connectivity index (χ0n) is 8.30. The highest BCUT2D eigenvalue weighted by Crippen LogP contribution is 2.22. The highest BCUT2D eigenvalue weighted by molar-refractivity contribution is 9.09. The van der Waals surface area contributed by atoms with E-state index in [4.69, 9.17) is 4.74 Å². The van der Waals surface area contributed by atoms with Crippen molar-refractivity contribution < 1.29 is 4.74 Å². The number of para-hydroxylation sites is 1. The van der Waals surface area contributed by atoms with E-state index in [0.717, 1.165) is 5.75 Å². The van der Waals surface area contributed by atoms with Crippen LogP contribution in [0, 0.1) is 13.8 Å². The predicted octanol–water partition coefficient (Wildman–Crippen LogP) is 3.47. The Hall–Kier alpha value is -0.500. The van der Waals surface area contributed by atoms with Gasteiger partial charge in [-0.05, 0) is 31.9 Å². The molecule has 0 bridgehead atoms. The fraction of sp³-hybridized carbons (Fsp3) is 0.455. The Kier molecular flexibility index (Phi) is 3.79. The number of halogens is 1. The fourth-order valence-electron chi connectivity index (χ4n) is 1.23. The molecule has 0 aliphatic rings. The first-order chi connectivity index (χ1) is 6.11. The minimum atomic E-state index is 0.395. The van der Waals surface area contributed by atoms with E-state index >= 15 is 0 Å². The Balaban J connectivity index is 2.75. The average molecular weight is 243 g/mol. The molecule has 0 heterocycles. The van der Waals surface area contributed by atoms with E-state index in [1.165, 1.54) is 11.1 Å². The van der Waals surface area contributed by atoms with E-state index in [1.54, 1.807) is 0 Å². The quantitative estimate of drug-likeness (QED) is 0.738. The molecule has 1 aromatic rings. The maximum Gasteiger partial charge on any atom is 0.125 e. The molecule has 0 fully saturated rings. The van der Waals surface area contributed by atoms with Gasteiger partial charge in [0.25, 0.3) is 0 Å². The van der Waals surface area contributed by atoms with E-state index in [1.807, 2.05) is 0 Å². The number of hydrogen-bond donors (Lipinski definition) is 0. The van der Waals surface area contributed by atoms with Crippen molar-refractivity contribution in [2.75, 3.05) is 6.61 Å². The van der Waals surface area contributed by atoms with Crippen LogP contribution < -0.4 is 4.74 Å². The van der Waals surface area contributed by atoms with Gasteiger partial charge in [-0.2, -0.15) is 0 Å². The molecule has 0 aliphatic heterocycles. The first-order valence-electron chi connectivity index (χ1n) is 4.44. The Morgan fingerprint density at radius 1 is 1.31 bits per heavy atom. The maximum atomic E-state index is 5.68. The third-order valence-corrected chi connectivity index (χ3v) is 2.13. The van der Waals surface area contributed by atoms with Crippen molar-refractivity contribution in [2.45, 2.75) is 25.6 Å². The smallest absolute Gasteiger partial charge is 0.125 e. The largest absolute Gasteiger partial charge is 0.492 e. The summed E-state index contributed by atoms with van der Waals surface area (Å²) in [5.41, 5.74) is 2.40. The Labute approximate surface area is 88.2 Å². The standard InChI is InChI=1S/C11H15BrO/c1-8-5-4-6-9(2)11(8)13-7-10(3)12/h4-6,10H,7H2,1-3H3. The summed E-state index contributed by atoms with van der Waals surface area (Å²) in [7, 11) is 0. The van der Waals surface area contributed by atoms with Gasteiger partial charge in [-0.15, -0.1) is 0 Å². The molecule has 0 radical (unpaired) electrons. The molecule has 0 saturated heterocycles. The van der Waals surface area contributed by atoms with Crippen LogP contribution in [0.2, 0.25) is 0 Å². The van der Waals surface area contributed by atoms with Crippen LogP contribution in [0.25, 0.3) is 0 Å². The van der Waals surface area contributed by atoms with E-state index in [0.29, 0.717) is 11.4 Å². The van der Waals surface area contributed by atoms with E-state index < -0.39 is 0 Å². The molecule has 0 amide bonds. The zero-order valence-corrected chi connectivity index (χ0v) is 9.89. The van der Waals surface area contributed by atoms with Gasteiger partial charge in [0.05, 0.1) is 0 Å². The van der Waals surface area contributed by atoms with Crippen LogP contribution >= 0.6 is 15.9 Å². The van der Waals surface area contributed by atoms with Crippen LogP contribution in [-0.4, -0.2) is 11.4 Å². The van der Waals surface area contributed by atoms with Gasteiger partial charge in [-0.1, -0.05) is 34.1 Å². The van der Waals surface area contributed by atoms with Crippen molar-refractivity contribution in [3.05, 3.63) is 29.3 Å². The second-order valence-electron chi connectivity index (χ2n) is 3.31. The lowest BCUT2D eigenvalue weighted by atomic mass is 10.1. The Bertz CT molecular complexity index is 261. The van der Waals surface area contributed by atoms with E-state index in [-0.39, 0.29) is 0 Å². The van der Waals surface area contributed by atoms with Crippen molar-refractivity contribution in [3.63, 3.8) is 0 Å². The summed E-state index contributed by atoms with van der Waals surface area (Å²) in [6.45, 7) is 6.93. The molecule has 1 aromatic carbocycles. The van der Waals surface area contributed by atoms with E-state index in [2.05, 4.69) is 54.9 Å². The van der Waals surface area contributed by atoms with Crippen LogP contribution in [0.1, 0.15) is 18.1 Å². The molecule has 0 spiro atoms. The second-order valence-corrected chi connectivity index (χ2v) is 4.88. The van der Waals surface area contributed by atoms with E-state index in [9.17, 15) is 0 Å². The van der Waals surface area contributed by atoms with Crippen molar-refractivity contribution in [1.29, 1.82) is 0 Å². The average Bonchev–Trinajstić information content (AvgIpc) is 2.03. The lowest BCUT2D eigenvalue weighted by Gasteiger charge is -2.12. The first-order valence-corrected chi connectivity index (χ1v) is 5.36. The van der Waals surface area contributed by atoms with Gasteiger partial charge in [0.15, 0.2) is 0 Å². The van der Waals surface area contributed by atoms with Crippen LogP contribution in [0.3, 0.4) is 0 Å². The highest BCUT2D eigenvalue weighted by Gasteiger charge is 2.04.